The van der Waals surface area contributed by atoms with Gasteiger partial charge in [-0.15, -0.1) is 0 Å². The molecule has 0 spiro atoms. The molecule has 1 aliphatic heterocycles. The van der Waals surface area contributed by atoms with Gasteiger partial charge in [-0.25, -0.2) is 22.0 Å². The molecular formula is C16H22N4O5S2. The fourth-order valence-electron chi connectivity index (χ4n) is 3.10. The Balaban J connectivity index is 1.79. The number of hydrogen-bond donors (Lipinski definition) is 1. The third-order valence-electron chi connectivity index (χ3n) is 4.43. The second-order valence-electron chi connectivity index (χ2n) is 6.64. The van der Waals surface area contributed by atoms with Crippen molar-refractivity contribution in [2.75, 3.05) is 37.3 Å². The minimum absolute atomic E-state index is 0.0328. The van der Waals surface area contributed by atoms with Crippen molar-refractivity contribution in [2.45, 2.75) is 23.3 Å². The first-order chi connectivity index (χ1) is 12.5. The highest BCUT2D eigenvalue weighted by molar-refractivity contribution is 7.91. The standard InChI is InChI=1S/C16H22N4O5S2/c1-12-9-13(18-25-12)11-19-5-7-20(8-6-19)15-4-3-14(27(17,23)24)10-16(15)26(2,21)22/h3-4,9-10H,5-8,11H2,1-2H3,(H2,17,23,24). The summed E-state index contributed by atoms with van der Waals surface area (Å²) in [5.74, 6) is 0.761. The molecule has 1 aliphatic rings. The maximum atomic E-state index is 12.2. The van der Waals surface area contributed by atoms with Crippen molar-refractivity contribution in [1.29, 1.82) is 0 Å². The summed E-state index contributed by atoms with van der Waals surface area (Å²) in [7, 11) is -7.60. The molecule has 0 aliphatic carbocycles. The number of anilines is 1. The number of benzene rings is 1. The largest absolute Gasteiger partial charge is 0.368 e. The lowest BCUT2D eigenvalue weighted by molar-refractivity contribution is 0.241. The van der Waals surface area contributed by atoms with Gasteiger partial charge in [0.2, 0.25) is 10.0 Å². The van der Waals surface area contributed by atoms with E-state index in [0.717, 1.165) is 23.8 Å². The third-order valence-corrected chi connectivity index (χ3v) is 6.47. The molecule has 2 N–H and O–H groups in total. The van der Waals surface area contributed by atoms with Gasteiger partial charge in [0.25, 0.3) is 0 Å². The van der Waals surface area contributed by atoms with Crippen LogP contribution in [0.1, 0.15) is 11.5 Å². The van der Waals surface area contributed by atoms with E-state index in [9.17, 15) is 16.8 Å². The van der Waals surface area contributed by atoms with Crippen LogP contribution in [-0.4, -0.2) is 59.3 Å². The van der Waals surface area contributed by atoms with Crippen LogP contribution < -0.4 is 10.0 Å². The monoisotopic (exact) mass is 414 g/mol. The second kappa shape index (κ2) is 7.23. The van der Waals surface area contributed by atoms with Crippen LogP contribution in [-0.2, 0) is 26.4 Å². The van der Waals surface area contributed by atoms with Crippen LogP contribution in [0.25, 0.3) is 0 Å². The van der Waals surface area contributed by atoms with Gasteiger partial charge < -0.3 is 9.42 Å². The highest BCUT2D eigenvalue weighted by Gasteiger charge is 2.25. The first kappa shape index (κ1) is 19.8. The summed E-state index contributed by atoms with van der Waals surface area (Å²) < 4.78 is 52.6. The molecule has 1 fully saturated rings. The Kier molecular flexibility index (Phi) is 5.30. The highest BCUT2D eigenvalue weighted by atomic mass is 32.2. The molecule has 2 aromatic rings. The van der Waals surface area contributed by atoms with E-state index < -0.39 is 19.9 Å². The van der Waals surface area contributed by atoms with E-state index in [2.05, 4.69) is 10.1 Å². The van der Waals surface area contributed by atoms with Crippen LogP contribution >= 0.6 is 0 Å². The lowest BCUT2D eigenvalue weighted by atomic mass is 10.2. The van der Waals surface area contributed by atoms with Gasteiger partial charge in [-0.1, -0.05) is 5.16 Å². The SMILES string of the molecule is Cc1cc(CN2CCN(c3ccc(S(N)(=O)=O)cc3S(C)(=O)=O)CC2)no1. The van der Waals surface area contributed by atoms with Gasteiger partial charge in [0.1, 0.15) is 5.76 Å². The number of sulfonamides is 1. The predicted molar refractivity (Wildman–Crippen MR) is 99.7 cm³/mol. The zero-order valence-electron chi connectivity index (χ0n) is 15.1. The van der Waals surface area contributed by atoms with Crippen LogP contribution in [0.3, 0.4) is 0 Å². The average molecular weight is 415 g/mol. The fourth-order valence-corrected chi connectivity index (χ4v) is 4.63. The number of nitrogens with zero attached hydrogens (tertiary/aromatic N) is 3. The quantitative estimate of drug-likeness (QED) is 0.743. The summed E-state index contributed by atoms with van der Waals surface area (Å²) in [6.07, 6.45) is 1.06. The van der Waals surface area contributed by atoms with Crippen LogP contribution in [0, 0.1) is 6.92 Å². The molecule has 148 valence electrons. The van der Waals surface area contributed by atoms with E-state index in [-0.39, 0.29) is 9.79 Å². The molecule has 1 aromatic heterocycles. The summed E-state index contributed by atoms with van der Waals surface area (Å²) in [5, 5.41) is 9.12. The first-order valence-corrected chi connectivity index (χ1v) is 11.7. The summed E-state index contributed by atoms with van der Waals surface area (Å²) in [4.78, 5) is 3.89. The van der Waals surface area contributed by atoms with E-state index in [1.54, 1.807) is 0 Å². The van der Waals surface area contributed by atoms with Gasteiger partial charge in [-0.3, -0.25) is 4.90 Å². The molecule has 0 unspecified atom stereocenters. The smallest absolute Gasteiger partial charge is 0.238 e. The van der Waals surface area contributed by atoms with Crippen LogP contribution in [0.2, 0.25) is 0 Å². The minimum Gasteiger partial charge on any atom is -0.368 e. The number of aromatic nitrogens is 1. The number of sulfone groups is 1. The van der Waals surface area contributed by atoms with Gasteiger partial charge in [-0.05, 0) is 25.1 Å². The highest BCUT2D eigenvalue weighted by Crippen LogP contribution is 2.29. The van der Waals surface area contributed by atoms with Crippen molar-refractivity contribution in [3.8, 4) is 0 Å². The topological polar surface area (TPSA) is 127 Å². The molecule has 2 heterocycles. The van der Waals surface area contributed by atoms with Crippen molar-refractivity contribution in [1.82, 2.24) is 10.1 Å². The molecule has 1 saturated heterocycles. The van der Waals surface area contributed by atoms with Crippen molar-refractivity contribution in [3.63, 3.8) is 0 Å². The van der Waals surface area contributed by atoms with E-state index in [1.807, 2.05) is 17.9 Å². The number of hydrogen-bond acceptors (Lipinski definition) is 8. The summed E-state index contributed by atoms with van der Waals surface area (Å²) in [5.41, 5.74) is 1.34. The predicted octanol–water partition coefficient (Wildman–Crippen LogP) is 0.356. The molecule has 0 saturated carbocycles. The number of primary sulfonamides is 1. The molecule has 9 nitrogen and oxygen atoms in total. The van der Waals surface area contributed by atoms with Gasteiger partial charge in [0.15, 0.2) is 9.84 Å². The zero-order chi connectivity index (χ0) is 19.8. The van der Waals surface area contributed by atoms with E-state index in [0.29, 0.717) is 38.4 Å². The lowest BCUT2D eigenvalue weighted by Crippen LogP contribution is -2.46. The van der Waals surface area contributed by atoms with Crippen LogP contribution in [0.4, 0.5) is 5.69 Å². The Morgan fingerprint density at radius 3 is 2.30 bits per heavy atom. The Morgan fingerprint density at radius 1 is 1.11 bits per heavy atom. The van der Waals surface area contributed by atoms with Gasteiger partial charge in [0.05, 0.1) is 21.2 Å². The zero-order valence-corrected chi connectivity index (χ0v) is 16.8. The van der Waals surface area contributed by atoms with Gasteiger partial charge >= 0.3 is 0 Å². The average Bonchev–Trinajstić information content (AvgIpc) is 2.98. The second-order valence-corrected chi connectivity index (χ2v) is 10.2. The normalized spacial score (nSPS) is 16.6. The van der Waals surface area contributed by atoms with Gasteiger partial charge in [-0.2, -0.15) is 0 Å². The molecular weight excluding hydrogens is 392 g/mol. The van der Waals surface area contributed by atoms with Crippen LogP contribution in [0.15, 0.2) is 38.6 Å². The molecule has 0 atom stereocenters. The van der Waals surface area contributed by atoms with E-state index in [1.165, 1.54) is 12.1 Å². The lowest BCUT2D eigenvalue weighted by Gasteiger charge is -2.36. The number of nitrogens with two attached hydrogens (primary N) is 1. The third kappa shape index (κ3) is 4.67. The Hall–Kier alpha value is -1.95. The fraction of sp³-hybridized carbons (Fsp3) is 0.438. The summed E-state index contributed by atoms with van der Waals surface area (Å²) in [6.45, 7) is 5.14. The summed E-state index contributed by atoms with van der Waals surface area (Å²) >= 11 is 0. The Labute approximate surface area is 158 Å². The molecule has 3 rings (SSSR count). The minimum atomic E-state index is -3.98. The number of piperazine rings is 1. The molecule has 0 amide bonds. The maximum Gasteiger partial charge on any atom is 0.238 e. The molecule has 0 radical (unpaired) electrons. The number of aryl methyl sites for hydroxylation is 1. The van der Waals surface area contributed by atoms with Crippen molar-refractivity contribution < 1.29 is 21.4 Å². The van der Waals surface area contributed by atoms with Crippen LogP contribution in [0.5, 0.6) is 0 Å². The van der Waals surface area contributed by atoms with Crippen molar-refractivity contribution in [3.05, 3.63) is 35.7 Å². The van der Waals surface area contributed by atoms with E-state index >= 15 is 0 Å². The maximum absolute atomic E-state index is 12.2. The number of rotatable bonds is 5. The Bertz CT molecular complexity index is 1040. The molecule has 11 heteroatoms. The van der Waals surface area contributed by atoms with E-state index in [4.69, 9.17) is 9.66 Å². The van der Waals surface area contributed by atoms with Crippen molar-refractivity contribution >= 4 is 25.5 Å². The van der Waals surface area contributed by atoms with Gasteiger partial charge in [0, 0.05) is 45.0 Å². The van der Waals surface area contributed by atoms with Crippen molar-refractivity contribution in [2.24, 2.45) is 5.14 Å². The molecule has 0 bridgehead atoms. The summed E-state index contributed by atoms with van der Waals surface area (Å²) in [6, 6.07) is 5.86. The first-order valence-electron chi connectivity index (χ1n) is 8.30. The Morgan fingerprint density at radius 2 is 1.78 bits per heavy atom. The molecule has 27 heavy (non-hydrogen) atoms. The molecule has 1 aromatic carbocycles.